The normalized spacial score (nSPS) is 20.9. The number of para-hydroxylation sites is 1. The van der Waals surface area contributed by atoms with Crippen LogP contribution in [0.15, 0.2) is 24.3 Å². The smallest absolute Gasteiger partial charge is 0.0398 e. The van der Waals surface area contributed by atoms with E-state index in [1.807, 2.05) is 0 Å². The third-order valence-corrected chi connectivity index (χ3v) is 4.70. The van der Waals surface area contributed by atoms with Crippen LogP contribution in [0, 0.1) is 0 Å². The van der Waals surface area contributed by atoms with Crippen LogP contribution in [0.2, 0.25) is 0 Å². The molecule has 3 rings (SSSR count). The second-order valence-electron chi connectivity index (χ2n) is 6.22. The van der Waals surface area contributed by atoms with Gasteiger partial charge in [-0.25, -0.2) is 0 Å². The zero-order valence-corrected chi connectivity index (χ0v) is 12.7. The second-order valence-corrected chi connectivity index (χ2v) is 6.22. The summed E-state index contributed by atoms with van der Waals surface area (Å²) in [5.41, 5.74) is 3.02. The first kappa shape index (κ1) is 13.9. The molecule has 2 aliphatic rings. The van der Waals surface area contributed by atoms with Crippen LogP contribution in [-0.2, 0) is 6.42 Å². The number of benzene rings is 1. The lowest BCUT2D eigenvalue weighted by Crippen LogP contribution is -2.45. The van der Waals surface area contributed by atoms with Gasteiger partial charge in [-0.15, -0.1) is 0 Å². The minimum absolute atomic E-state index is 1.21. The van der Waals surface area contributed by atoms with E-state index in [1.165, 1.54) is 70.8 Å². The topological polar surface area (TPSA) is 9.72 Å². The van der Waals surface area contributed by atoms with Gasteiger partial charge in [0, 0.05) is 45.0 Å². The van der Waals surface area contributed by atoms with E-state index in [0.717, 1.165) is 0 Å². The number of piperazine rings is 1. The molecule has 0 unspecified atom stereocenters. The number of fused-ring (bicyclic) bond motifs is 1. The summed E-state index contributed by atoms with van der Waals surface area (Å²) in [6.07, 6.45) is 3.86. The van der Waals surface area contributed by atoms with E-state index in [0.29, 0.717) is 0 Å². The zero-order chi connectivity index (χ0) is 13.8. The first-order valence-electron chi connectivity index (χ1n) is 8.07. The Morgan fingerprint density at radius 3 is 2.60 bits per heavy atom. The molecule has 0 atom stereocenters. The van der Waals surface area contributed by atoms with Crippen LogP contribution in [0.3, 0.4) is 0 Å². The number of likely N-dealkylation sites (N-methyl/N-ethyl adjacent to an activating group) is 1. The molecule has 20 heavy (non-hydrogen) atoms. The lowest BCUT2D eigenvalue weighted by molar-refractivity contribution is 0.153. The summed E-state index contributed by atoms with van der Waals surface area (Å²) in [6, 6.07) is 8.94. The predicted molar refractivity (Wildman–Crippen MR) is 85.5 cm³/mol. The maximum Gasteiger partial charge on any atom is 0.0398 e. The molecule has 0 N–H and O–H groups in total. The van der Waals surface area contributed by atoms with Crippen LogP contribution in [0.1, 0.15) is 18.4 Å². The van der Waals surface area contributed by atoms with Crippen molar-refractivity contribution < 1.29 is 0 Å². The van der Waals surface area contributed by atoms with Crippen LogP contribution < -0.4 is 4.90 Å². The molecule has 1 aromatic carbocycles. The number of nitrogens with zero attached hydrogens (tertiary/aromatic N) is 3. The van der Waals surface area contributed by atoms with Crippen LogP contribution in [-0.4, -0.2) is 62.7 Å². The first-order chi connectivity index (χ1) is 9.83. The molecule has 0 amide bonds. The Balaban J connectivity index is 1.47. The van der Waals surface area contributed by atoms with Crippen molar-refractivity contribution in [2.45, 2.75) is 19.3 Å². The second kappa shape index (κ2) is 6.59. The van der Waals surface area contributed by atoms with Gasteiger partial charge in [0.15, 0.2) is 0 Å². The van der Waals surface area contributed by atoms with E-state index >= 15 is 0 Å². The van der Waals surface area contributed by atoms with Gasteiger partial charge in [0.25, 0.3) is 0 Å². The van der Waals surface area contributed by atoms with Crippen LogP contribution in [0.4, 0.5) is 5.69 Å². The fraction of sp³-hybridized carbons (Fsp3) is 0.647. The van der Waals surface area contributed by atoms with Gasteiger partial charge < -0.3 is 14.7 Å². The molecule has 3 heteroatoms. The fourth-order valence-electron chi connectivity index (χ4n) is 3.40. The Labute approximate surface area is 123 Å². The van der Waals surface area contributed by atoms with Gasteiger partial charge in [-0.2, -0.15) is 0 Å². The molecule has 2 heterocycles. The highest BCUT2D eigenvalue weighted by atomic mass is 15.2. The molecular weight excluding hydrogens is 246 g/mol. The van der Waals surface area contributed by atoms with E-state index in [9.17, 15) is 0 Å². The van der Waals surface area contributed by atoms with E-state index in [2.05, 4.69) is 46.0 Å². The Kier molecular flexibility index (Phi) is 4.58. The molecule has 0 saturated carbocycles. The maximum atomic E-state index is 2.62. The number of hydrogen-bond acceptors (Lipinski definition) is 3. The SMILES string of the molecule is CN1CCN(CCCN2CCCc3ccccc32)CC1. The van der Waals surface area contributed by atoms with Crippen molar-refractivity contribution in [2.24, 2.45) is 0 Å². The summed E-state index contributed by atoms with van der Waals surface area (Å²) in [6.45, 7) is 8.65. The van der Waals surface area contributed by atoms with Gasteiger partial charge in [0.05, 0.1) is 0 Å². The minimum atomic E-state index is 1.21. The van der Waals surface area contributed by atoms with Crippen molar-refractivity contribution in [3.05, 3.63) is 29.8 Å². The molecule has 0 radical (unpaired) electrons. The van der Waals surface area contributed by atoms with Gasteiger partial charge in [-0.1, -0.05) is 18.2 Å². The highest BCUT2D eigenvalue weighted by Crippen LogP contribution is 2.26. The number of aryl methyl sites for hydroxylation is 1. The van der Waals surface area contributed by atoms with Gasteiger partial charge in [0.2, 0.25) is 0 Å². The highest BCUT2D eigenvalue weighted by molar-refractivity contribution is 5.55. The summed E-state index contributed by atoms with van der Waals surface area (Å²) in [7, 11) is 2.22. The number of hydrogen-bond donors (Lipinski definition) is 0. The zero-order valence-electron chi connectivity index (χ0n) is 12.7. The van der Waals surface area contributed by atoms with Gasteiger partial charge in [-0.05, 0) is 44.5 Å². The molecular formula is C17H27N3. The summed E-state index contributed by atoms with van der Waals surface area (Å²) >= 11 is 0. The van der Waals surface area contributed by atoms with E-state index in [-0.39, 0.29) is 0 Å². The summed E-state index contributed by atoms with van der Waals surface area (Å²) in [5, 5.41) is 0. The Morgan fingerprint density at radius 2 is 1.75 bits per heavy atom. The van der Waals surface area contributed by atoms with Crippen LogP contribution >= 0.6 is 0 Å². The first-order valence-corrected chi connectivity index (χ1v) is 8.07. The van der Waals surface area contributed by atoms with Crippen molar-refractivity contribution in [1.29, 1.82) is 0 Å². The molecule has 2 aliphatic heterocycles. The monoisotopic (exact) mass is 273 g/mol. The Bertz CT molecular complexity index is 424. The maximum absolute atomic E-state index is 2.62. The van der Waals surface area contributed by atoms with E-state index in [4.69, 9.17) is 0 Å². The molecule has 3 nitrogen and oxygen atoms in total. The number of anilines is 1. The number of rotatable bonds is 4. The molecule has 1 fully saturated rings. The molecule has 0 aliphatic carbocycles. The molecule has 0 aromatic heterocycles. The van der Waals surface area contributed by atoms with Crippen molar-refractivity contribution in [3.8, 4) is 0 Å². The summed E-state index contributed by atoms with van der Waals surface area (Å²) in [5.74, 6) is 0. The van der Waals surface area contributed by atoms with Gasteiger partial charge >= 0.3 is 0 Å². The largest absolute Gasteiger partial charge is 0.371 e. The van der Waals surface area contributed by atoms with Crippen molar-refractivity contribution >= 4 is 5.69 Å². The standard InChI is InChI=1S/C17H27N3/c1-18-12-14-19(15-13-18)9-5-11-20-10-4-7-16-6-2-3-8-17(16)20/h2-3,6,8H,4-5,7,9-15H2,1H3. The summed E-state index contributed by atoms with van der Waals surface area (Å²) < 4.78 is 0. The van der Waals surface area contributed by atoms with Crippen molar-refractivity contribution in [2.75, 3.05) is 57.8 Å². The molecule has 0 spiro atoms. The van der Waals surface area contributed by atoms with Crippen LogP contribution in [0.5, 0.6) is 0 Å². The third kappa shape index (κ3) is 3.33. The van der Waals surface area contributed by atoms with Crippen molar-refractivity contribution in [1.82, 2.24) is 9.80 Å². The summed E-state index contributed by atoms with van der Waals surface area (Å²) in [4.78, 5) is 7.64. The lowest BCUT2D eigenvalue weighted by atomic mass is 10.0. The average Bonchev–Trinajstić information content (AvgIpc) is 2.49. The highest BCUT2D eigenvalue weighted by Gasteiger charge is 2.17. The van der Waals surface area contributed by atoms with Gasteiger partial charge in [-0.3, -0.25) is 0 Å². The predicted octanol–water partition coefficient (Wildman–Crippen LogP) is 2.08. The third-order valence-electron chi connectivity index (χ3n) is 4.70. The molecule has 1 aromatic rings. The Hall–Kier alpha value is -1.06. The lowest BCUT2D eigenvalue weighted by Gasteiger charge is -2.34. The fourth-order valence-corrected chi connectivity index (χ4v) is 3.40. The average molecular weight is 273 g/mol. The van der Waals surface area contributed by atoms with Crippen LogP contribution in [0.25, 0.3) is 0 Å². The molecule has 0 bridgehead atoms. The Morgan fingerprint density at radius 1 is 0.950 bits per heavy atom. The van der Waals surface area contributed by atoms with E-state index < -0.39 is 0 Å². The quantitative estimate of drug-likeness (QED) is 0.831. The van der Waals surface area contributed by atoms with Gasteiger partial charge in [0.1, 0.15) is 0 Å². The molecule has 1 saturated heterocycles. The van der Waals surface area contributed by atoms with E-state index in [1.54, 1.807) is 5.56 Å². The molecule has 110 valence electrons. The minimum Gasteiger partial charge on any atom is -0.371 e. The van der Waals surface area contributed by atoms with Crippen molar-refractivity contribution in [3.63, 3.8) is 0 Å².